The van der Waals surface area contributed by atoms with Crippen molar-refractivity contribution in [2.24, 2.45) is 0 Å². The maximum Gasteiger partial charge on any atom is 0.121 e. The van der Waals surface area contributed by atoms with E-state index in [0.29, 0.717) is 0 Å². The second kappa shape index (κ2) is 6.57. The Morgan fingerprint density at radius 1 is 1.32 bits per heavy atom. The summed E-state index contributed by atoms with van der Waals surface area (Å²) in [6.07, 6.45) is 1.97. The first-order valence-corrected chi connectivity index (χ1v) is 7.06. The van der Waals surface area contributed by atoms with Crippen molar-refractivity contribution in [2.45, 2.75) is 33.2 Å². The molecule has 0 bridgehead atoms. The van der Waals surface area contributed by atoms with Gasteiger partial charge in [0.05, 0.1) is 17.6 Å². The lowest BCUT2D eigenvalue weighted by Crippen LogP contribution is -2.13. The van der Waals surface area contributed by atoms with Crippen LogP contribution >= 0.6 is 0 Å². The van der Waals surface area contributed by atoms with Gasteiger partial charge < -0.3 is 14.6 Å². The SMILES string of the molecule is CCCOc1ccc2c(c1)nc(CCNC)n2CC. The fraction of sp³-hybridized carbons (Fsp3) is 0.533. The van der Waals surface area contributed by atoms with Crippen molar-refractivity contribution in [1.29, 1.82) is 0 Å². The largest absolute Gasteiger partial charge is 0.494 e. The van der Waals surface area contributed by atoms with Crippen molar-refractivity contribution < 1.29 is 4.74 Å². The van der Waals surface area contributed by atoms with E-state index >= 15 is 0 Å². The van der Waals surface area contributed by atoms with E-state index in [0.717, 1.165) is 49.6 Å². The molecule has 2 rings (SSSR count). The molecule has 0 amide bonds. The number of aromatic nitrogens is 2. The summed E-state index contributed by atoms with van der Waals surface area (Å²) in [4.78, 5) is 4.73. The van der Waals surface area contributed by atoms with E-state index in [1.54, 1.807) is 0 Å². The molecule has 0 atom stereocenters. The highest BCUT2D eigenvalue weighted by Crippen LogP contribution is 2.22. The Morgan fingerprint density at radius 2 is 2.16 bits per heavy atom. The monoisotopic (exact) mass is 261 g/mol. The molecule has 0 unspecified atom stereocenters. The summed E-state index contributed by atoms with van der Waals surface area (Å²) in [6.45, 7) is 6.92. The van der Waals surface area contributed by atoms with E-state index in [4.69, 9.17) is 9.72 Å². The van der Waals surface area contributed by atoms with Gasteiger partial charge in [0, 0.05) is 25.6 Å². The van der Waals surface area contributed by atoms with Gasteiger partial charge in [-0.1, -0.05) is 6.92 Å². The van der Waals surface area contributed by atoms with Gasteiger partial charge in [0.25, 0.3) is 0 Å². The minimum absolute atomic E-state index is 0.757. The Kier molecular flexibility index (Phi) is 4.80. The Balaban J connectivity index is 2.32. The molecule has 2 aromatic rings. The smallest absolute Gasteiger partial charge is 0.121 e. The Hall–Kier alpha value is -1.55. The fourth-order valence-corrected chi connectivity index (χ4v) is 2.25. The number of fused-ring (bicyclic) bond motifs is 1. The molecule has 0 saturated heterocycles. The van der Waals surface area contributed by atoms with E-state index in [1.165, 1.54) is 5.52 Å². The van der Waals surface area contributed by atoms with Gasteiger partial charge in [0.15, 0.2) is 0 Å². The molecule has 1 aromatic heterocycles. The van der Waals surface area contributed by atoms with Crippen LogP contribution in [0.25, 0.3) is 11.0 Å². The molecule has 1 N–H and O–H groups in total. The number of hydrogen-bond donors (Lipinski definition) is 1. The molecule has 104 valence electrons. The first-order chi connectivity index (χ1) is 9.30. The van der Waals surface area contributed by atoms with Gasteiger partial charge in [0.1, 0.15) is 11.6 Å². The predicted molar refractivity (Wildman–Crippen MR) is 78.8 cm³/mol. The first-order valence-electron chi connectivity index (χ1n) is 7.06. The van der Waals surface area contributed by atoms with Gasteiger partial charge in [-0.2, -0.15) is 0 Å². The Bertz CT molecular complexity index is 533. The highest BCUT2D eigenvalue weighted by atomic mass is 16.5. The molecule has 0 spiro atoms. The zero-order chi connectivity index (χ0) is 13.7. The lowest BCUT2D eigenvalue weighted by molar-refractivity contribution is 0.318. The lowest BCUT2D eigenvalue weighted by Gasteiger charge is -2.06. The molecule has 0 radical (unpaired) electrons. The van der Waals surface area contributed by atoms with Crippen LogP contribution in [0.5, 0.6) is 5.75 Å². The van der Waals surface area contributed by atoms with Crippen LogP contribution in [0.1, 0.15) is 26.1 Å². The van der Waals surface area contributed by atoms with Crippen LogP contribution in [0.15, 0.2) is 18.2 Å². The number of likely N-dealkylation sites (N-methyl/N-ethyl adjacent to an activating group) is 1. The normalized spacial score (nSPS) is 11.1. The Morgan fingerprint density at radius 3 is 2.84 bits per heavy atom. The fourth-order valence-electron chi connectivity index (χ4n) is 2.25. The molecule has 19 heavy (non-hydrogen) atoms. The molecular formula is C15H23N3O. The van der Waals surface area contributed by atoms with Crippen LogP contribution in [-0.4, -0.2) is 29.8 Å². The molecule has 1 aromatic carbocycles. The summed E-state index contributed by atoms with van der Waals surface area (Å²) in [5, 5.41) is 3.17. The zero-order valence-electron chi connectivity index (χ0n) is 12.1. The number of rotatable bonds is 7. The van der Waals surface area contributed by atoms with Crippen molar-refractivity contribution in [3.05, 3.63) is 24.0 Å². The molecule has 0 fully saturated rings. The van der Waals surface area contributed by atoms with Gasteiger partial charge in [-0.3, -0.25) is 0 Å². The summed E-state index contributed by atoms with van der Waals surface area (Å²) in [5.74, 6) is 2.05. The summed E-state index contributed by atoms with van der Waals surface area (Å²) in [6, 6.07) is 6.19. The van der Waals surface area contributed by atoms with Crippen molar-refractivity contribution >= 4 is 11.0 Å². The molecule has 0 aliphatic heterocycles. The van der Waals surface area contributed by atoms with Crippen LogP contribution in [0.4, 0.5) is 0 Å². The number of nitrogens with zero attached hydrogens (tertiary/aromatic N) is 2. The molecular weight excluding hydrogens is 238 g/mol. The van der Waals surface area contributed by atoms with E-state index < -0.39 is 0 Å². The van der Waals surface area contributed by atoms with Crippen molar-refractivity contribution in [3.8, 4) is 5.75 Å². The average molecular weight is 261 g/mol. The summed E-state index contributed by atoms with van der Waals surface area (Å²) in [7, 11) is 1.97. The second-order valence-electron chi connectivity index (χ2n) is 4.62. The minimum Gasteiger partial charge on any atom is -0.494 e. The third-order valence-corrected chi connectivity index (χ3v) is 3.19. The van der Waals surface area contributed by atoms with Crippen molar-refractivity contribution in [1.82, 2.24) is 14.9 Å². The number of imidazole rings is 1. The van der Waals surface area contributed by atoms with Crippen molar-refractivity contribution in [3.63, 3.8) is 0 Å². The summed E-state index contributed by atoms with van der Waals surface area (Å²) >= 11 is 0. The summed E-state index contributed by atoms with van der Waals surface area (Å²) in [5.41, 5.74) is 2.22. The average Bonchev–Trinajstić information content (AvgIpc) is 2.79. The standard InChI is InChI=1S/C15H23N3O/c1-4-10-19-12-6-7-14-13(11-12)17-15(8-9-16-3)18(14)5-2/h6-7,11,16H,4-5,8-10H2,1-3H3. The zero-order valence-corrected chi connectivity index (χ0v) is 12.1. The van der Waals surface area contributed by atoms with Crippen LogP contribution in [0.3, 0.4) is 0 Å². The minimum atomic E-state index is 0.757. The number of nitrogens with one attached hydrogen (secondary N) is 1. The van der Waals surface area contributed by atoms with Gasteiger partial charge in [-0.05, 0) is 32.5 Å². The number of hydrogen-bond acceptors (Lipinski definition) is 3. The van der Waals surface area contributed by atoms with Gasteiger partial charge >= 0.3 is 0 Å². The van der Waals surface area contributed by atoms with E-state index in [1.807, 2.05) is 19.2 Å². The second-order valence-corrected chi connectivity index (χ2v) is 4.62. The maximum absolute atomic E-state index is 5.67. The van der Waals surface area contributed by atoms with E-state index in [9.17, 15) is 0 Å². The Labute approximate surface area is 114 Å². The molecule has 1 heterocycles. The predicted octanol–water partition coefficient (Wildman–Crippen LogP) is 2.61. The van der Waals surface area contributed by atoms with E-state index in [2.05, 4.69) is 29.8 Å². The lowest BCUT2D eigenvalue weighted by atomic mass is 10.3. The molecule has 4 heteroatoms. The number of benzene rings is 1. The van der Waals surface area contributed by atoms with Crippen molar-refractivity contribution in [2.75, 3.05) is 20.2 Å². The van der Waals surface area contributed by atoms with Crippen LogP contribution < -0.4 is 10.1 Å². The third kappa shape index (κ3) is 3.07. The molecule has 0 aliphatic carbocycles. The highest BCUT2D eigenvalue weighted by Gasteiger charge is 2.09. The third-order valence-electron chi connectivity index (χ3n) is 3.19. The van der Waals surface area contributed by atoms with Crippen LogP contribution in [-0.2, 0) is 13.0 Å². The van der Waals surface area contributed by atoms with Gasteiger partial charge in [-0.15, -0.1) is 0 Å². The number of ether oxygens (including phenoxy) is 1. The molecule has 0 aliphatic rings. The van der Waals surface area contributed by atoms with E-state index in [-0.39, 0.29) is 0 Å². The quantitative estimate of drug-likeness (QED) is 0.832. The highest BCUT2D eigenvalue weighted by molar-refractivity contribution is 5.77. The van der Waals surface area contributed by atoms with Crippen LogP contribution in [0, 0.1) is 0 Å². The summed E-state index contributed by atoms with van der Waals surface area (Å²) < 4.78 is 7.94. The maximum atomic E-state index is 5.67. The number of aryl methyl sites for hydroxylation is 1. The molecule has 4 nitrogen and oxygen atoms in total. The van der Waals surface area contributed by atoms with Crippen LogP contribution in [0.2, 0.25) is 0 Å². The topological polar surface area (TPSA) is 39.1 Å². The molecule has 0 saturated carbocycles. The van der Waals surface area contributed by atoms with Gasteiger partial charge in [-0.25, -0.2) is 4.98 Å². The van der Waals surface area contributed by atoms with Gasteiger partial charge in [0.2, 0.25) is 0 Å². The first kappa shape index (κ1) is 13.9.